The van der Waals surface area contributed by atoms with Crippen LogP contribution in [0.1, 0.15) is 38.6 Å². The molecule has 0 aromatic carbocycles. The van der Waals surface area contributed by atoms with Crippen LogP contribution < -0.4 is 4.90 Å². The zero-order valence-corrected chi connectivity index (χ0v) is 14.5. The van der Waals surface area contributed by atoms with Gasteiger partial charge in [-0.2, -0.15) is 10.3 Å². The van der Waals surface area contributed by atoms with Gasteiger partial charge in [-0.05, 0) is 31.4 Å². The Hall–Kier alpha value is -2.55. The van der Waals surface area contributed by atoms with Gasteiger partial charge in [-0.1, -0.05) is 26.0 Å². The summed E-state index contributed by atoms with van der Waals surface area (Å²) in [5.41, 5.74) is 2.08. The molecule has 126 valence electrons. The van der Waals surface area contributed by atoms with E-state index < -0.39 is 0 Å². The van der Waals surface area contributed by atoms with E-state index >= 15 is 0 Å². The summed E-state index contributed by atoms with van der Waals surface area (Å²) in [6, 6.07) is 0.312. The first-order valence-electron chi connectivity index (χ1n) is 8.48. The van der Waals surface area contributed by atoms with Crippen molar-refractivity contribution in [3.8, 4) is 6.19 Å². The van der Waals surface area contributed by atoms with Crippen molar-refractivity contribution in [3.05, 3.63) is 23.5 Å². The maximum absolute atomic E-state index is 8.84. The van der Waals surface area contributed by atoms with Crippen molar-refractivity contribution in [1.29, 1.82) is 5.26 Å². The van der Waals surface area contributed by atoms with Gasteiger partial charge in [0.05, 0.1) is 17.4 Å². The molecule has 1 aliphatic heterocycles. The molecule has 1 aliphatic carbocycles. The fourth-order valence-electron chi connectivity index (χ4n) is 3.35. The number of nitrogens with zero attached hydrogens (tertiary/aromatic N) is 5. The normalized spacial score (nSPS) is 21.0. The van der Waals surface area contributed by atoms with Crippen LogP contribution in [0, 0.1) is 17.4 Å². The number of aromatic nitrogens is 2. The van der Waals surface area contributed by atoms with Crippen LogP contribution in [0.2, 0.25) is 0 Å². The average Bonchev–Trinajstić information content (AvgIpc) is 2.85. The lowest BCUT2D eigenvalue weighted by Gasteiger charge is -2.44. The molecular weight excluding hydrogens is 300 g/mol. The molecule has 1 saturated heterocycles. The number of anilines is 1. The van der Waals surface area contributed by atoms with E-state index in [4.69, 9.17) is 10.2 Å². The summed E-state index contributed by atoms with van der Waals surface area (Å²) in [6.07, 6.45) is 11.3. The summed E-state index contributed by atoms with van der Waals surface area (Å²) < 4.78 is 0. The van der Waals surface area contributed by atoms with Crippen LogP contribution in [0.4, 0.5) is 5.95 Å². The largest absolute Gasteiger partial charge is 0.353 e. The second kappa shape index (κ2) is 6.91. The molecule has 6 heteroatoms. The second-order valence-electron chi connectivity index (χ2n) is 6.61. The van der Waals surface area contributed by atoms with Crippen molar-refractivity contribution < 1.29 is 0 Å². The minimum atomic E-state index is 0.312. The molecule has 6 nitrogen and oxygen atoms in total. The van der Waals surface area contributed by atoms with E-state index in [1.54, 1.807) is 0 Å². The third-order valence-corrected chi connectivity index (χ3v) is 4.70. The highest BCUT2D eigenvalue weighted by molar-refractivity contribution is 5.81. The molecular formula is C18H24N6. The quantitative estimate of drug-likeness (QED) is 0.516. The molecule has 2 aliphatic rings. The van der Waals surface area contributed by atoms with Gasteiger partial charge in [-0.3, -0.25) is 0 Å². The number of amidine groups is 1. The SMILES string of the molecule is CC(=NC#N)N1CCN(c2nc3c([nH]2)C=CCC=C3)CC1C(C)C. The highest BCUT2D eigenvalue weighted by Crippen LogP contribution is 2.24. The number of allylic oxidation sites excluding steroid dienone is 2. The second-order valence-corrected chi connectivity index (χ2v) is 6.61. The van der Waals surface area contributed by atoms with Crippen molar-refractivity contribution >= 4 is 23.9 Å². The number of fused-ring (bicyclic) bond motifs is 1. The maximum Gasteiger partial charge on any atom is 0.207 e. The third kappa shape index (κ3) is 3.21. The van der Waals surface area contributed by atoms with E-state index in [9.17, 15) is 0 Å². The van der Waals surface area contributed by atoms with Gasteiger partial charge in [0.25, 0.3) is 0 Å². The summed E-state index contributed by atoms with van der Waals surface area (Å²) in [4.78, 5) is 16.7. The highest BCUT2D eigenvalue weighted by atomic mass is 15.4. The van der Waals surface area contributed by atoms with Crippen LogP contribution in [0.3, 0.4) is 0 Å². The van der Waals surface area contributed by atoms with Crippen molar-refractivity contribution in [2.45, 2.75) is 33.2 Å². The van der Waals surface area contributed by atoms with Crippen LogP contribution in [-0.4, -0.2) is 46.4 Å². The Bertz CT molecular complexity index is 689. The summed E-state index contributed by atoms with van der Waals surface area (Å²) in [6.45, 7) is 8.92. The van der Waals surface area contributed by atoms with Crippen molar-refractivity contribution in [1.82, 2.24) is 14.9 Å². The van der Waals surface area contributed by atoms with Gasteiger partial charge in [0.2, 0.25) is 12.1 Å². The number of rotatable bonds is 2. The van der Waals surface area contributed by atoms with Crippen molar-refractivity contribution in [2.75, 3.05) is 24.5 Å². The third-order valence-electron chi connectivity index (χ3n) is 4.70. The number of aliphatic imine (C=N–C) groups is 1. The Morgan fingerprint density at radius 3 is 2.92 bits per heavy atom. The maximum atomic E-state index is 8.84. The van der Waals surface area contributed by atoms with Gasteiger partial charge < -0.3 is 14.8 Å². The molecule has 0 radical (unpaired) electrons. The monoisotopic (exact) mass is 324 g/mol. The molecule has 0 bridgehead atoms. The molecule has 1 N–H and O–H groups in total. The van der Waals surface area contributed by atoms with Gasteiger partial charge in [-0.25, -0.2) is 4.98 Å². The number of nitrogens with one attached hydrogen (secondary N) is 1. The predicted octanol–water partition coefficient (Wildman–Crippen LogP) is 2.89. The van der Waals surface area contributed by atoms with E-state index in [1.807, 2.05) is 13.1 Å². The van der Waals surface area contributed by atoms with Crippen LogP contribution in [0.5, 0.6) is 0 Å². The molecule has 2 heterocycles. The molecule has 3 rings (SSSR count). The molecule has 0 saturated carbocycles. The number of piperazine rings is 1. The fourth-order valence-corrected chi connectivity index (χ4v) is 3.35. The first-order valence-corrected chi connectivity index (χ1v) is 8.48. The fraction of sp³-hybridized carbons (Fsp3) is 0.500. The molecule has 1 fully saturated rings. The van der Waals surface area contributed by atoms with Crippen LogP contribution in [0.15, 0.2) is 17.1 Å². The molecule has 0 amide bonds. The zero-order valence-electron chi connectivity index (χ0n) is 14.5. The Balaban J connectivity index is 1.81. The van der Waals surface area contributed by atoms with Crippen LogP contribution in [-0.2, 0) is 0 Å². The lowest BCUT2D eigenvalue weighted by Crippen LogP contribution is -2.57. The molecule has 1 aromatic heterocycles. The lowest BCUT2D eigenvalue weighted by atomic mass is 9.99. The van der Waals surface area contributed by atoms with Gasteiger partial charge in [-0.15, -0.1) is 0 Å². The Morgan fingerprint density at radius 1 is 1.38 bits per heavy atom. The minimum absolute atomic E-state index is 0.312. The van der Waals surface area contributed by atoms with E-state index in [0.29, 0.717) is 12.0 Å². The molecule has 0 spiro atoms. The van der Waals surface area contributed by atoms with Crippen LogP contribution in [0.25, 0.3) is 12.2 Å². The van der Waals surface area contributed by atoms with Gasteiger partial charge >= 0.3 is 0 Å². The van der Waals surface area contributed by atoms with E-state index in [2.05, 4.69) is 57.9 Å². The number of hydrogen-bond acceptors (Lipinski definition) is 4. The predicted molar refractivity (Wildman–Crippen MR) is 97.5 cm³/mol. The molecule has 24 heavy (non-hydrogen) atoms. The first-order chi connectivity index (χ1) is 11.6. The number of imidazole rings is 1. The number of H-pyrrole nitrogens is 1. The highest BCUT2D eigenvalue weighted by Gasteiger charge is 2.31. The summed E-state index contributed by atoms with van der Waals surface area (Å²) in [7, 11) is 0. The Morgan fingerprint density at radius 2 is 2.17 bits per heavy atom. The van der Waals surface area contributed by atoms with E-state index in [0.717, 1.165) is 49.2 Å². The molecule has 1 atom stereocenters. The Labute approximate surface area is 143 Å². The standard InChI is InChI=1S/C18H24N6/c1-13(2)17-11-23(9-10-24(17)14(3)20-12-19)18-21-15-7-5-4-6-8-16(15)22-18/h5-8,13,17H,4,9-11H2,1-3H3,(H,21,22). The summed E-state index contributed by atoms with van der Waals surface area (Å²) >= 11 is 0. The number of nitriles is 1. The van der Waals surface area contributed by atoms with Crippen LogP contribution >= 0.6 is 0 Å². The Kier molecular flexibility index (Phi) is 4.70. The van der Waals surface area contributed by atoms with E-state index in [-0.39, 0.29) is 0 Å². The zero-order chi connectivity index (χ0) is 17.1. The van der Waals surface area contributed by atoms with E-state index in [1.165, 1.54) is 0 Å². The minimum Gasteiger partial charge on any atom is -0.353 e. The topological polar surface area (TPSA) is 71.3 Å². The summed E-state index contributed by atoms with van der Waals surface area (Å²) in [5, 5.41) is 8.84. The van der Waals surface area contributed by atoms with Crippen molar-refractivity contribution in [3.63, 3.8) is 0 Å². The molecule has 1 unspecified atom stereocenters. The molecule has 1 aromatic rings. The van der Waals surface area contributed by atoms with Crippen molar-refractivity contribution in [2.24, 2.45) is 10.9 Å². The van der Waals surface area contributed by atoms with Gasteiger partial charge in [0.15, 0.2) is 0 Å². The van der Waals surface area contributed by atoms with Gasteiger partial charge in [0, 0.05) is 19.6 Å². The average molecular weight is 324 g/mol. The first kappa shape index (κ1) is 16.3. The smallest absolute Gasteiger partial charge is 0.207 e. The van der Waals surface area contributed by atoms with Gasteiger partial charge in [0.1, 0.15) is 5.84 Å². The number of hydrogen-bond donors (Lipinski definition) is 1. The summed E-state index contributed by atoms with van der Waals surface area (Å²) in [5.74, 6) is 2.19. The number of aromatic amines is 1. The lowest BCUT2D eigenvalue weighted by molar-refractivity contribution is 0.222.